The molecule has 30 heavy (non-hydrogen) atoms. The fourth-order valence-electron chi connectivity index (χ4n) is 3.76. The Morgan fingerprint density at radius 1 is 1.03 bits per heavy atom. The van der Waals surface area contributed by atoms with Gasteiger partial charge in [0.25, 0.3) is 0 Å². The smallest absolute Gasteiger partial charge is 0.217 e. The molecule has 0 aliphatic carbocycles. The van der Waals surface area contributed by atoms with Gasteiger partial charge in [-0.1, -0.05) is 42.5 Å². The molecule has 1 aliphatic heterocycles. The van der Waals surface area contributed by atoms with Gasteiger partial charge in [0.2, 0.25) is 5.91 Å². The van der Waals surface area contributed by atoms with E-state index in [1.54, 1.807) is 36.3 Å². The molecule has 6 nitrogen and oxygen atoms in total. The zero-order valence-corrected chi connectivity index (χ0v) is 17.4. The van der Waals surface area contributed by atoms with E-state index in [2.05, 4.69) is 10.2 Å². The molecule has 2 unspecified atom stereocenters. The van der Waals surface area contributed by atoms with E-state index >= 15 is 4.39 Å². The van der Waals surface area contributed by atoms with E-state index in [9.17, 15) is 9.59 Å². The third-order valence-electron chi connectivity index (χ3n) is 5.32. The Hall–Kier alpha value is -2.93. The van der Waals surface area contributed by atoms with Gasteiger partial charge < -0.3 is 15.0 Å². The molecule has 0 aromatic heterocycles. The summed E-state index contributed by atoms with van der Waals surface area (Å²) in [6.45, 7) is 3.68. The number of carbonyl (C=O) groups is 2. The monoisotopic (exact) mass is 413 g/mol. The predicted molar refractivity (Wildman–Crippen MR) is 115 cm³/mol. The second kappa shape index (κ2) is 10.2. The molecule has 1 amide bonds. The number of benzene rings is 2. The summed E-state index contributed by atoms with van der Waals surface area (Å²) >= 11 is 0. The van der Waals surface area contributed by atoms with Crippen LogP contribution in [0.5, 0.6) is 5.75 Å². The summed E-state index contributed by atoms with van der Waals surface area (Å²) in [5.41, 5.74) is 1.45. The van der Waals surface area contributed by atoms with Crippen molar-refractivity contribution in [1.29, 1.82) is 0 Å². The minimum absolute atomic E-state index is 0.0814. The average molecular weight is 413 g/mol. The van der Waals surface area contributed by atoms with Gasteiger partial charge in [0.15, 0.2) is 12.1 Å². The van der Waals surface area contributed by atoms with Gasteiger partial charge in [-0.05, 0) is 12.1 Å². The highest BCUT2D eigenvalue weighted by atomic mass is 19.1. The molecule has 0 spiro atoms. The van der Waals surface area contributed by atoms with Crippen LogP contribution in [-0.2, 0) is 4.79 Å². The molecular weight excluding hydrogens is 385 g/mol. The molecule has 1 N–H and O–H groups in total. The molecule has 160 valence electrons. The molecule has 1 saturated heterocycles. The molecular formula is C23H28FN3O3. The highest BCUT2D eigenvalue weighted by molar-refractivity contribution is 6.01. The minimum atomic E-state index is -1.32. The summed E-state index contributed by atoms with van der Waals surface area (Å²) < 4.78 is 20.5. The number of para-hydroxylation sites is 2. The quantitative estimate of drug-likeness (QED) is 0.533. The summed E-state index contributed by atoms with van der Waals surface area (Å²) in [6.07, 6.45) is -1.41. The minimum Gasteiger partial charge on any atom is -0.495 e. The maximum Gasteiger partial charge on any atom is 0.217 e. The van der Waals surface area contributed by atoms with Gasteiger partial charge in [-0.25, -0.2) is 4.39 Å². The van der Waals surface area contributed by atoms with E-state index < -0.39 is 12.3 Å². The Balaban J connectivity index is 1.62. The lowest BCUT2D eigenvalue weighted by molar-refractivity contribution is -0.119. The molecule has 3 rings (SSSR count). The van der Waals surface area contributed by atoms with Crippen LogP contribution in [0.3, 0.4) is 0 Å². The molecule has 2 aromatic carbocycles. The number of ether oxygens (including phenoxy) is 1. The van der Waals surface area contributed by atoms with Crippen LogP contribution in [-0.4, -0.2) is 62.2 Å². The standard InChI is InChI=1S/C23H28FN3O3/c1-17(28)25-19(23(29)18-8-4-3-5-9-18)16-22(24)27-14-12-26(13-15-27)20-10-6-7-11-21(20)30-2/h3-11,19,22H,12-16H2,1-2H3,(H,25,28). The zero-order valence-electron chi connectivity index (χ0n) is 17.4. The maximum absolute atomic E-state index is 15.1. The first-order valence-corrected chi connectivity index (χ1v) is 10.1. The number of alkyl halides is 1. The molecule has 1 heterocycles. The molecule has 0 bridgehead atoms. The predicted octanol–water partition coefficient (Wildman–Crippen LogP) is 2.89. The lowest BCUT2D eigenvalue weighted by atomic mass is 10.0. The van der Waals surface area contributed by atoms with Crippen molar-refractivity contribution in [2.45, 2.75) is 25.7 Å². The summed E-state index contributed by atoms with van der Waals surface area (Å²) in [6, 6.07) is 15.5. The van der Waals surface area contributed by atoms with Crippen LogP contribution in [0.2, 0.25) is 0 Å². The second-order valence-electron chi connectivity index (χ2n) is 7.35. The Morgan fingerprint density at radius 3 is 2.30 bits per heavy atom. The number of carbonyl (C=O) groups excluding carboxylic acids is 2. The molecule has 7 heteroatoms. The van der Waals surface area contributed by atoms with Gasteiger partial charge in [-0.15, -0.1) is 0 Å². The fraction of sp³-hybridized carbons (Fsp3) is 0.391. The van der Waals surface area contributed by atoms with Crippen LogP contribution in [0.15, 0.2) is 54.6 Å². The molecule has 0 saturated carbocycles. The molecule has 2 aromatic rings. The normalized spacial score (nSPS) is 16.6. The molecule has 2 atom stereocenters. The van der Waals surface area contributed by atoms with Crippen LogP contribution in [0.1, 0.15) is 23.7 Å². The summed E-state index contributed by atoms with van der Waals surface area (Å²) in [5, 5.41) is 2.62. The van der Waals surface area contributed by atoms with Crippen molar-refractivity contribution in [2.24, 2.45) is 0 Å². The first-order valence-electron chi connectivity index (χ1n) is 10.1. The lowest BCUT2D eigenvalue weighted by Crippen LogP contribution is -2.52. The number of anilines is 1. The molecule has 0 radical (unpaired) electrons. The largest absolute Gasteiger partial charge is 0.495 e. The molecule has 1 aliphatic rings. The van der Waals surface area contributed by atoms with Gasteiger partial charge >= 0.3 is 0 Å². The van der Waals surface area contributed by atoms with Crippen LogP contribution in [0, 0.1) is 0 Å². The number of methoxy groups -OCH3 is 1. The lowest BCUT2D eigenvalue weighted by Gasteiger charge is -2.38. The number of halogens is 1. The van der Waals surface area contributed by atoms with Crippen molar-refractivity contribution in [3.63, 3.8) is 0 Å². The van der Waals surface area contributed by atoms with Crippen molar-refractivity contribution >= 4 is 17.4 Å². The first-order chi connectivity index (χ1) is 14.5. The average Bonchev–Trinajstić information content (AvgIpc) is 2.78. The highest BCUT2D eigenvalue weighted by Gasteiger charge is 2.30. The van der Waals surface area contributed by atoms with Crippen molar-refractivity contribution in [2.75, 3.05) is 38.2 Å². The zero-order chi connectivity index (χ0) is 21.5. The van der Waals surface area contributed by atoms with Gasteiger partial charge in [0.1, 0.15) is 5.75 Å². The number of amides is 1. The summed E-state index contributed by atoms with van der Waals surface area (Å²) in [5.74, 6) is 0.167. The van der Waals surface area contributed by atoms with E-state index in [1.807, 2.05) is 30.3 Å². The number of piperazine rings is 1. The Labute approximate surface area is 176 Å². The Kier molecular flexibility index (Phi) is 7.41. The van der Waals surface area contributed by atoms with Crippen molar-refractivity contribution in [1.82, 2.24) is 10.2 Å². The number of hydrogen-bond donors (Lipinski definition) is 1. The SMILES string of the molecule is COc1ccccc1N1CCN(C(F)CC(NC(C)=O)C(=O)c2ccccc2)CC1. The van der Waals surface area contributed by atoms with E-state index in [0.717, 1.165) is 11.4 Å². The topological polar surface area (TPSA) is 61.9 Å². The number of ketones is 1. The summed E-state index contributed by atoms with van der Waals surface area (Å²) in [7, 11) is 1.64. The second-order valence-corrected chi connectivity index (χ2v) is 7.35. The van der Waals surface area contributed by atoms with Crippen molar-refractivity contribution < 1.29 is 18.7 Å². The third kappa shape index (κ3) is 5.36. The van der Waals surface area contributed by atoms with Gasteiger partial charge in [-0.3, -0.25) is 14.5 Å². The van der Waals surface area contributed by atoms with Crippen molar-refractivity contribution in [3.05, 3.63) is 60.2 Å². The van der Waals surface area contributed by atoms with Crippen LogP contribution in [0.4, 0.5) is 10.1 Å². The number of rotatable bonds is 8. The van der Waals surface area contributed by atoms with E-state index in [1.165, 1.54) is 6.92 Å². The number of nitrogens with zero attached hydrogens (tertiary/aromatic N) is 2. The fourth-order valence-corrected chi connectivity index (χ4v) is 3.76. The Morgan fingerprint density at radius 2 is 1.67 bits per heavy atom. The van der Waals surface area contributed by atoms with Gasteiger partial charge in [0.05, 0.1) is 18.8 Å². The van der Waals surface area contributed by atoms with Crippen LogP contribution in [0.25, 0.3) is 0 Å². The van der Waals surface area contributed by atoms with Crippen LogP contribution < -0.4 is 15.0 Å². The summed E-state index contributed by atoms with van der Waals surface area (Å²) in [4.78, 5) is 28.3. The van der Waals surface area contributed by atoms with E-state index in [4.69, 9.17) is 4.74 Å². The van der Waals surface area contributed by atoms with E-state index in [0.29, 0.717) is 31.7 Å². The number of nitrogens with one attached hydrogen (secondary N) is 1. The first kappa shape index (κ1) is 21.8. The van der Waals surface area contributed by atoms with Gasteiger partial charge in [-0.2, -0.15) is 0 Å². The number of Topliss-reactive ketones (excluding diaryl/α,β-unsaturated/α-hetero) is 1. The van der Waals surface area contributed by atoms with E-state index in [-0.39, 0.29) is 18.1 Å². The maximum atomic E-state index is 15.1. The number of hydrogen-bond acceptors (Lipinski definition) is 5. The van der Waals surface area contributed by atoms with Crippen molar-refractivity contribution in [3.8, 4) is 5.75 Å². The van der Waals surface area contributed by atoms with Gasteiger partial charge in [0, 0.05) is 45.1 Å². The molecule has 1 fully saturated rings. The highest BCUT2D eigenvalue weighted by Crippen LogP contribution is 2.29. The Bertz CT molecular complexity index is 854. The van der Waals surface area contributed by atoms with Crippen LogP contribution >= 0.6 is 0 Å². The third-order valence-corrected chi connectivity index (χ3v) is 5.32.